The van der Waals surface area contributed by atoms with Crippen LogP contribution in [0.4, 0.5) is 5.69 Å². The summed E-state index contributed by atoms with van der Waals surface area (Å²) in [5.74, 6) is -0.751. The Morgan fingerprint density at radius 2 is 1.62 bits per heavy atom. The molecule has 0 aromatic heterocycles. The fraction of sp³-hybridized carbons (Fsp3) is 0.375. The van der Waals surface area contributed by atoms with Crippen molar-refractivity contribution in [2.45, 2.75) is 75.9 Å². The van der Waals surface area contributed by atoms with E-state index in [1.807, 2.05) is 38.1 Å². The van der Waals surface area contributed by atoms with E-state index in [-0.39, 0.29) is 34.1 Å². The minimum absolute atomic E-state index is 0.0102. The molecule has 1 aliphatic carbocycles. The fourth-order valence-corrected chi connectivity index (χ4v) is 7.29. The number of carbonyl (C=O) groups is 2. The lowest BCUT2D eigenvalue weighted by molar-refractivity contribution is -0.140. The van der Waals surface area contributed by atoms with Gasteiger partial charge in [-0.2, -0.15) is 0 Å². The van der Waals surface area contributed by atoms with E-state index in [0.717, 1.165) is 47.5 Å². The molecule has 4 rings (SSSR count). The number of anilines is 1. The second-order valence-corrected chi connectivity index (χ2v) is 13.4. The highest BCUT2D eigenvalue weighted by Crippen LogP contribution is 2.33. The third kappa shape index (κ3) is 7.85. The van der Waals surface area contributed by atoms with Gasteiger partial charge in [-0.25, -0.2) is 8.42 Å². The van der Waals surface area contributed by atoms with E-state index in [0.29, 0.717) is 11.4 Å². The molecule has 1 fully saturated rings. The van der Waals surface area contributed by atoms with Crippen molar-refractivity contribution >= 4 is 50.7 Å². The monoisotopic (exact) mass is 629 g/mol. The van der Waals surface area contributed by atoms with Gasteiger partial charge in [0.1, 0.15) is 12.6 Å². The van der Waals surface area contributed by atoms with Crippen LogP contribution in [0.15, 0.2) is 77.7 Å². The Hall–Kier alpha value is -3.07. The van der Waals surface area contributed by atoms with Crippen LogP contribution in [0.1, 0.15) is 56.6 Å². The Bertz CT molecular complexity index is 1480. The molecule has 10 heteroatoms. The average Bonchev–Trinajstić information content (AvgIpc) is 2.98. The quantitative estimate of drug-likeness (QED) is 0.254. The zero-order valence-electron chi connectivity index (χ0n) is 23.9. The Labute approximate surface area is 258 Å². The van der Waals surface area contributed by atoms with E-state index in [4.69, 9.17) is 23.2 Å². The number of nitrogens with zero attached hydrogens (tertiary/aromatic N) is 2. The summed E-state index contributed by atoms with van der Waals surface area (Å²) >= 11 is 12.6. The molecular weight excluding hydrogens is 593 g/mol. The zero-order chi connectivity index (χ0) is 30.3. The highest BCUT2D eigenvalue weighted by molar-refractivity contribution is 7.92. The van der Waals surface area contributed by atoms with Crippen molar-refractivity contribution in [1.29, 1.82) is 0 Å². The lowest BCUT2D eigenvalue weighted by Crippen LogP contribution is -2.54. The lowest BCUT2D eigenvalue weighted by atomic mass is 9.95. The van der Waals surface area contributed by atoms with E-state index >= 15 is 0 Å². The molecule has 0 heterocycles. The number of halogens is 2. The van der Waals surface area contributed by atoms with Crippen molar-refractivity contribution in [2.24, 2.45) is 0 Å². The largest absolute Gasteiger partial charge is 0.352 e. The predicted octanol–water partition coefficient (Wildman–Crippen LogP) is 6.75. The predicted molar refractivity (Wildman–Crippen MR) is 168 cm³/mol. The third-order valence-electron chi connectivity index (χ3n) is 7.60. The van der Waals surface area contributed by atoms with Crippen LogP contribution in [0.25, 0.3) is 0 Å². The van der Waals surface area contributed by atoms with Gasteiger partial charge < -0.3 is 10.2 Å². The second-order valence-electron chi connectivity index (χ2n) is 10.7. The summed E-state index contributed by atoms with van der Waals surface area (Å²) in [5.41, 5.74) is 2.02. The van der Waals surface area contributed by atoms with E-state index in [9.17, 15) is 18.0 Å². The van der Waals surface area contributed by atoms with Gasteiger partial charge in [0.25, 0.3) is 10.0 Å². The van der Waals surface area contributed by atoms with Crippen LogP contribution in [-0.2, 0) is 26.2 Å². The number of carbonyl (C=O) groups excluding carboxylic acids is 2. The van der Waals surface area contributed by atoms with Crippen molar-refractivity contribution in [3.8, 4) is 0 Å². The number of hydrogen-bond acceptors (Lipinski definition) is 4. The van der Waals surface area contributed by atoms with Gasteiger partial charge in [0, 0.05) is 17.6 Å². The molecule has 1 N–H and O–H groups in total. The molecule has 1 atom stereocenters. The standard InChI is InChI=1S/C32H37Cl2N3O4S/c1-3-29(32(39)35-26-10-6-4-7-11-26)36(21-24-16-14-23(2)15-17-24)31(38)22-37(30-19-18-25(33)20-28(30)34)42(40,41)27-12-8-5-9-13-27/h5,8-9,12-20,26,29H,3-4,6-7,10-11,21-22H2,1-2H3,(H,35,39). The molecule has 0 bridgehead atoms. The number of amides is 2. The molecule has 1 saturated carbocycles. The highest BCUT2D eigenvalue weighted by atomic mass is 35.5. The van der Waals surface area contributed by atoms with Crippen LogP contribution in [0.3, 0.4) is 0 Å². The van der Waals surface area contributed by atoms with Gasteiger partial charge in [0.15, 0.2) is 0 Å². The van der Waals surface area contributed by atoms with Crippen LogP contribution in [0, 0.1) is 6.92 Å². The van der Waals surface area contributed by atoms with Crippen LogP contribution in [-0.4, -0.2) is 43.8 Å². The van der Waals surface area contributed by atoms with Crippen LogP contribution in [0.5, 0.6) is 0 Å². The molecule has 1 aliphatic rings. The Kier molecular flexibility index (Phi) is 10.9. The summed E-state index contributed by atoms with van der Waals surface area (Å²) in [5, 5.41) is 3.57. The van der Waals surface area contributed by atoms with E-state index in [1.54, 1.807) is 18.2 Å². The first kappa shape index (κ1) is 31.9. The molecule has 42 heavy (non-hydrogen) atoms. The summed E-state index contributed by atoms with van der Waals surface area (Å²) in [6, 6.07) is 19.3. The zero-order valence-corrected chi connectivity index (χ0v) is 26.3. The number of aryl methyl sites for hydroxylation is 1. The molecule has 3 aromatic rings. The van der Waals surface area contributed by atoms with E-state index in [2.05, 4.69) is 5.32 Å². The molecule has 1 unspecified atom stereocenters. The Balaban J connectivity index is 1.72. The molecule has 0 aliphatic heterocycles. The average molecular weight is 631 g/mol. The van der Waals surface area contributed by atoms with Crippen molar-refractivity contribution < 1.29 is 18.0 Å². The minimum Gasteiger partial charge on any atom is -0.352 e. The maximum absolute atomic E-state index is 14.2. The summed E-state index contributed by atoms with van der Waals surface area (Å²) < 4.78 is 28.9. The first-order valence-corrected chi connectivity index (χ1v) is 16.5. The molecule has 0 radical (unpaired) electrons. The van der Waals surface area contributed by atoms with Gasteiger partial charge in [-0.05, 0) is 62.1 Å². The van der Waals surface area contributed by atoms with Gasteiger partial charge in [-0.1, -0.05) is 97.4 Å². The maximum atomic E-state index is 14.2. The van der Waals surface area contributed by atoms with E-state index in [1.165, 1.54) is 35.2 Å². The molecule has 3 aromatic carbocycles. The minimum atomic E-state index is -4.21. The maximum Gasteiger partial charge on any atom is 0.264 e. The summed E-state index contributed by atoms with van der Waals surface area (Å²) in [6.45, 7) is 3.41. The van der Waals surface area contributed by atoms with Crippen molar-refractivity contribution in [1.82, 2.24) is 10.2 Å². The topological polar surface area (TPSA) is 86.8 Å². The van der Waals surface area contributed by atoms with Crippen LogP contribution < -0.4 is 9.62 Å². The summed E-state index contributed by atoms with van der Waals surface area (Å²) in [6.07, 6.45) is 5.45. The van der Waals surface area contributed by atoms with Crippen LogP contribution in [0.2, 0.25) is 10.0 Å². The Morgan fingerprint density at radius 3 is 2.24 bits per heavy atom. The number of hydrogen-bond donors (Lipinski definition) is 1. The lowest BCUT2D eigenvalue weighted by Gasteiger charge is -2.34. The van der Waals surface area contributed by atoms with Gasteiger partial charge >= 0.3 is 0 Å². The van der Waals surface area contributed by atoms with Gasteiger partial charge in [-0.3, -0.25) is 13.9 Å². The van der Waals surface area contributed by atoms with Gasteiger partial charge in [0.05, 0.1) is 15.6 Å². The smallest absolute Gasteiger partial charge is 0.264 e. The first-order chi connectivity index (χ1) is 20.1. The molecule has 2 amide bonds. The van der Waals surface area contributed by atoms with Crippen LogP contribution >= 0.6 is 23.2 Å². The number of rotatable bonds is 11. The van der Waals surface area contributed by atoms with Gasteiger partial charge in [0.2, 0.25) is 11.8 Å². The first-order valence-electron chi connectivity index (χ1n) is 14.3. The van der Waals surface area contributed by atoms with Crippen molar-refractivity contribution in [3.63, 3.8) is 0 Å². The number of nitrogens with one attached hydrogen (secondary N) is 1. The summed E-state index contributed by atoms with van der Waals surface area (Å²) in [7, 11) is -4.21. The number of sulfonamides is 1. The third-order valence-corrected chi connectivity index (χ3v) is 9.91. The second kappa shape index (κ2) is 14.4. The number of benzene rings is 3. The molecular formula is C32H37Cl2N3O4S. The van der Waals surface area contributed by atoms with E-state index < -0.39 is 28.5 Å². The van der Waals surface area contributed by atoms with Crippen molar-refractivity contribution in [3.05, 3.63) is 94.0 Å². The molecule has 7 nitrogen and oxygen atoms in total. The molecule has 224 valence electrons. The van der Waals surface area contributed by atoms with Crippen molar-refractivity contribution in [2.75, 3.05) is 10.8 Å². The highest BCUT2D eigenvalue weighted by Gasteiger charge is 2.35. The normalized spacial score (nSPS) is 14.7. The summed E-state index contributed by atoms with van der Waals surface area (Å²) in [4.78, 5) is 29.3. The van der Waals surface area contributed by atoms with Gasteiger partial charge in [-0.15, -0.1) is 0 Å². The molecule has 0 spiro atoms. The SMILES string of the molecule is CCC(C(=O)NC1CCCCC1)N(Cc1ccc(C)cc1)C(=O)CN(c1ccc(Cl)cc1Cl)S(=O)(=O)c1ccccc1. The fourth-order valence-electron chi connectivity index (χ4n) is 5.27. The molecule has 0 saturated heterocycles. The Morgan fingerprint density at radius 1 is 0.952 bits per heavy atom.